The molecule has 0 fully saturated rings. The van der Waals surface area contributed by atoms with Gasteiger partial charge in [-0.25, -0.2) is 0 Å². The summed E-state index contributed by atoms with van der Waals surface area (Å²) >= 11 is 0. The van der Waals surface area contributed by atoms with Crippen LogP contribution in [0.5, 0.6) is 0 Å². The smallest absolute Gasteiger partial charge is 0.242 e. The molecule has 0 radical (unpaired) electrons. The molecule has 1 aliphatic heterocycles. The quantitative estimate of drug-likeness (QED) is 0.813. The summed E-state index contributed by atoms with van der Waals surface area (Å²) in [6, 6.07) is 9.24. The monoisotopic (exact) mass is 217 g/mol. The van der Waals surface area contributed by atoms with Crippen LogP contribution in [0.1, 0.15) is 13.8 Å². The largest absolute Gasteiger partial charge is 0.368 e. The highest BCUT2D eigenvalue weighted by Gasteiger charge is 2.36. The maximum atomic E-state index is 11.4. The van der Waals surface area contributed by atoms with Crippen LogP contribution in [0.3, 0.4) is 0 Å². The summed E-state index contributed by atoms with van der Waals surface area (Å²) in [4.78, 5) is 11.4. The number of benzene rings is 1. The molecule has 0 saturated heterocycles. The summed E-state index contributed by atoms with van der Waals surface area (Å²) in [7, 11) is 0. The molecule has 0 bridgehead atoms. The van der Waals surface area contributed by atoms with Crippen LogP contribution in [-0.2, 0) is 4.79 Å². The predicted octanol–water partition coefficient (Wildman–Crippen LogP) is 1.37. The summed E-state index contributed by atoms with van der Waals surface area (Å²) in [5, 5.41) is 6.10. The Labute approximate surface area is 94.7 Å². The third kappa shape index (κ3) is 1.66. The van der Waals surface area contributed by atoms with Gasteiger partial charge in [0, 0.05) is 11.6 Å². The Morgan fingerprint density at radius 3 is 2.56 bits per heavy atom. The molecular formula is C12H15N3O. The first-order valence-corrected chi connectivity index (χ1v) is 5.30. The average molecular weight is 217 g/mol. The van der Waals surface area contributed by atoms with Crippen LogP contribution < -0.4 is 10.7 Å². The Morgan fingerprint density at radius 1 is 1.38 bits per heavy atom. The van der Waals surface area contributed by atoms with Gasteiger partial charge >= 0.3 is 0 Å². The average Bonchev–Trinajstić information content (AvgIpc) is 2.57. The first-order valence-electron chi connectivity index (χ1n) is 5.30. The number of nitrogens with zero attached hydrogens (tertiary/aromatic N) is 2. The van der Waals surface area contributed by atoms with Gasteiger partial charge < -0.3 is 5.73 Å². The highest BCUT2D eigenvalue weighted by Crippen LogP contribution is 2.27. The maximum Gasteiger partial charge on any atom is 0.242 e. The molecule has 2 N–H and O–H groups in total. The second kappa shape index (κ2) is 3.96. The van der Waals surface area contributed by atoms with Crippen molar-refractivity contribution in [2.24, 2.45) is 16.8 Å². The molecule has 0 aliphatic carbocycles. The molecule has 2 unspecified atom stereocenters. The molecule has 4 nitrogen and oxygen atoms in total. The summed E-state index contributed by atoms with van der Waals surface area (Å²) < 4.78 is 0. The minimum atomic E-state index is -0.373. The van der Waals surface area contributed by atoms with Gasteiger partial charge in [0.15, 0.2) is 0 Å². The van der Waals surface area contributed by atoms with Crippen LogP contribution in [0.25, 0.3) is 0 Å². The second-order valence-corrected chi connectivity index (χ2v) is 4.06. The van der Waals surface area contributed by atoms with Gasteiger partial charge in [0.05, 0.1) is 5.69 Å². The zero-order chi connectivity index (χ0) is 11.7. The fraction of sp³-hybridized carbons (Fsp3) is 0.333. The molecule has 0 aromatic heterocycles. The lowest BCUT2D eigenvalue weighted by Crippen LogP contribution is -2.43. The first kappa shape index (κ1) is 10.7. The minimum absolute atomic E-state index is 0.0673. The van der Waals surface area contributed by atoms with E-state index < -0.39 is 0 Å². The number of hydrogen-bond donors (Lipinski definition) is 1. The number of rotatable bonds is 2. The third-order valence-electron chi connectivity index (χ3n) is 2.97. The maximum absolute atomic E-state index is 11.4. The Bertz CT molecular complexity index is 427. The van der Waals surface area contributed by atoms with E-state index in [1.165, 1.54) is 0 Å². The van der Waals surface area contributed by atoms with Gasteiger partial charge in [0.1, 0.15) is 6.04 Å². The van der Waals surface area contributed by atoms with Crippen molar-refractivity contribution >= 4 is 17.3 Å². The normalized spacial score (nSPS) is 24.4. The third-order valence-corrected chi connectivity index (χ3v) is 2.97. The van der Waals surface area contributed by atoms with Crippen molar-refractivity contribution < 1.29 is 4.79 Å². The van der Waals surface area contributed by atoms with Gasteiger partial charge in [0.25, 0.3) is 0 Å². The van der Waals surface area contributed by atoms with Crippen molar-refractivity contribution in [2.75, 3.05) is 5.01 Å². The SMILES string of the molecule is CC1=NN(c2ccccc2)C(C(N)=O)C1C. The van der Waals surface area contributed by atoms with Gasteiger partial charge in [-0.15, -0.1) is 0 Å². The number of primary amides is 1. The number of para-hydroxylation sites is 1. The Balaban J connectivity index is 2.37. The molecule has 84 valence electrons. The van der Waals surface area contributed by atoms with E-state index in [1.807, 2.05) is 44.2 Å². The predicted molar refractivity (Wildman–Crippen MR) is 64.2 cm³/mol. The van der Waals surface area contributed by atoms with Gasteiger partial charge in [-0.1, -0.05) is 25.1 Å². The van der Waals surface area contributed by atoms with Crippen molar-refractivity contribution in [3.63, 3.8) is 0 Å². The van der Waals surface area contributed by atoms with Gasteiger partial charge in [-0.05, 0) is 19.1 Å². The number of carbonyl (C=O) groups excluding carboxylic acids is 1. The molecule has 4 heteroatoms. The van der Waals surface area contributed by atoms with Crippen molar-refractivity contribution in [2.45, 2.75) is 19.9 Å². The fourth-order valence-electron chi connectivity index (χ4n) is 1.93. The van der Waals surface area contributed by atoms with Gasteiger partial charge in [-0.2, -0.15) is 5.10 Å². The zero-order valence-corrected chi connectivity index (χ0v) is 9.42. The summed E-state index contributed by atoms with van der Waals surface area (Å²) in [6.07, 6.45) is 0. The fourth-order valence-corrected chi connectivity index (χ4v) is 1.93. The number of carbonyl (C=O) groups is 1. The number of nitrogens with two attached hydrogens (primary N) is 1. The standard InChI is InChI=1S/C12H15N3O/c1-8-9(2)14-15(11(8)12(13)16)10-6-4-3-5-7-10/h3-8,11H,1-2H3,(H2,13,16). The van der Waals surface area contributed by atoms with E-state index in [2.05, 4.69) is 5.10 Å². The van der Waals surface area contributed by atoms with E-state index in [9.17, 15) is 4.79 Å². The molecule has 1 heterocycles. The lowest BCUT2D eigenvalue weighted by molar-refractivity contribution is -0.119. The highest BCUT2D eigenvalue weighted by atomic mass is 16.1. The summed E-state index contributed by atoms with van der Waals surface area (Å²) in [5.41, 5.74) is 7.26. The van der Waals surface area contributed by atoms with Crippen molar-refractivity contribution in [1.29, 1.82) is 0 Å². The number of amides is 1. The van der Waals surface area contributed by atoms with Gasteiger partial charge in [-0.3, -0.25) is 9.80 Å². The summed E-state index contributed by atoms with van der Waals surface area (Å²) in [5.74, 6) is -0.269. The number of hydrazone groups is 1. The molecular weight excluding hydrogens is 202 g/mol. The first-order chi connectivity index (χ1) is 7.61. The molecule has 16 heavy (non-hydrogen) atoms. The van der Waals surface area contributed by atoms with Crippen LogP contribution in [0.2, 0.25) is 0 Å². The molecule has 0 spiro atoms. The topological polar surface area (TPSA) is 58.7 Å². The van der Waals surface area contributed by atoms with Gasteiger partial charge in [0.2, 0.25) is 5.91 Å². The van der Waals surface area contributed by atoms with E-state index in [0.29, 0.717) is 0 Å². The lowest BCUT2D eigenvalue weighted by Gasteiger charge is -2.23. The van der Waals surface area contributed by atoms with Crippen LogP contribution in [0.4, 0.5) is 5.69 Å². The molecule has 1 aliphatic rings. The Morgan fingerprint density at radius 2 is 2.00 bits per heavy atom. The van der Waals surface area contributed by atoms with E-state index in [-0.39, 0.29) is 17.9 Å². The van der Waals surface area contributed by atoms with E-state index in [0.717, 1.165) is 11.4 Å². The molecule has 1 aromatic rings. The van der Waals surface area contributed by atoms with Crippen LogP contribution >= 0.6 is 0 Å². The van der Waals surface area contributed by atoms with E-state index in [1.54, 1.807) is 5.01 Å². The van der Waals surface area contributed by atoms with Crippen LogP contribution in [0, 0.1) is 5.92 Å². The molecule has 1 amide bonds. The number of hydrogen-bond acceptors (Lipinski definition) is 3. The van der Waals surface area contributed by atoms with Crippen molar-refractivity contribution in [3.8, 4) is 0 Å². The molecule has 1 aromatic carbocycles. The zero-order valence-electron chi connectivity index (χ0n) is 9.42. The number of anilines is 1. The molecule has 0 saturated carbocycles. The highest BCUT2D eigenvalue weighted by molar-refractivity contribution is 5.97. The minimum Gasteiger partial charge on any atom is -0.368 e. The molecule has 2 atom stereocenters. The summed E-state index contributed by atoms with van der Waals surface area (Å²) in [6.45, 7) is 3.89. The van der Waals surface area contributed by atoms with Crippen molar-refractivity contribution in [1.82, 2.24) is 0 Å². The lowest BCUT2D eigenvalue weighted by atomic mass is 9.98. The van der Waals surface area contributed by atoms with E-state index in [4.69, 9.17) is 5.73 Å². The molecule has 2 rings (SSSR count). The second-order valence-electron chi connectivity index (χ2n) is 4.06. The van der Waals surface area contributed by atoms with Crippen LogP contribution in [-0.4, -0.2) is 17.7 Å². The van der Waals surface area contributed by atoms with Crippen molar-refractivity contribution in [3.05, 3.63) is 30.3 Å². The van der Waals surface area contributed by atoms with Crippen LogP contribution in [0.15, 0.2) is 35.4 Å². The Kier molecular flexibility index (Phi) is 2.64. The Hall–Kier alpha value is -1.84. The van der Waals surface area contributed by atoms with E-state index >= 15 is 0 Å².